The lowest BCUT2D eigenvalue weighted by Crippen LogP contribution is -2.24. The van der Waals surface area contributed by atoms with E-state index in [0.29, 0.717) is 30.2 Å². The molecule has 3 aromatic rings. The Balaban J connectivity index is 1.53. The van der Waals surface area contributed by atoms with Crippen molar-refractivity contribution in [2.75, 3.05) is 0 Å². The monoisotopic (exact) mass is 328 g/mol. The summed E-state index contributed by atoms with van der Waals surface area (Å²) in [6, 6.07) is 8.17. The first-order valence-electron chi connectivity index (χ1n) is 7.56. The highest BCUT2D eigenvalue weighted by Crippen LogP contribution is 2.23. The normalized spacial score (nSPS) is 10.8. The van der Waals surface area contributed by atoms with Crippen LogP contribution in [0.4, 0.5) is 4.39 Å². The molecule has 7 heteroatoms. The van der Waals surface area contributed by atoms with Crippen LogP contribution in [0.5, 0.6) is 0 Å². The van der Waals surface area contributed by atoms with E-state index in [2.05, 4.69) is 15.4 Å². The zero-order valence-corrected chi connectivity index (χ0v) is 13.2. The van der Waals surface area contributed by atoms with Crippen LogP contribution in [0.3, 0.4) is 0 Å². The SMILES string of the molecule is Cn1nccc1CNC(=O)CCc1ncc(-c2ccccc2F)o1. The molecule has 2 aromatic heterocycles. The van der Waals surface area contributed by atoms with Gasteiger partial charge in [-0.15, -0.1) is 0 Å². The number of aromatic nitrogens is 3. The number of carbonyl (C=O) groups excluding carboxylic acids is 1. The zero-order chi connectivity index (χ0) is 16.9. The van der Waals surface area contributed by atoms with Gasteiger partial charge in [-0.25, -0.2) is 9.37 Å². The summed E-state index contributed by atoms with van der Waals surface area (Å²) in [5, 5.41) is 6.85. The van der Waals surface area contributed by atoms with Crippen LogP contribution in [0.15, 0.2) is 47.1 Å². The minimum absolute atomic E-state index is 0.109. The molecule has 2 heterocycles. The van der Waals surface area contributed by atoms with Gasteiger partial charge in [0.2, 0.25) is 5.91 Å². The number of hydrogen-bond acceptors (Lipinski definition) is 4. The Kier molecular flexibility index (Phi) is 4.69. The molecule has 1 amide bonds. The van der Waals surface area contributed by atoms with Gasteiger partial charge < -0.3 is 9.73 Å². The first-order valence-corrected chi connectivity index (χ1v) is 7.56. The van der Waals surface area contributed by atoms with E-state index in [1.807, 2.05) is 13.1 Å². The van der Waals surface area contributed by atoms with Gasteiger partial charge >= 0.3 is 0 Å². The molecule has 3 rings (SSSR count). The summed E-state index contributed by atoms with van der Waals surface area (Å²) in [6.07, 6.45) is 3.75. The maximum atomic E-state index is 13.7. The molecule has 0 aliphatic rings. The van der Waals surface area contributed by atoms with E-state index >= 15 is 0 Å². The number of hydrogen-bond donors (Lipinski definition) is 1. The van der Waals surface area contributed by atoms with Gasteiger partial charge in [-0.2, -0.15) is 5.10 Å². The fraction of sp³-hybridized carbons (Fsp3) is 0.235. The molecule has 0 unspecified atom stereocenters. The van der Waals surface area contributed by atoms with E-state index in [1.54, 1.807) is 29.1 Å². The van der Waals surface area contributed by atoms with E-state index in [0.717, 1.165) is 5.69 Å². The van der Waals surface area contributed by atoms with Gasteiger partial charge in [0.1, 0.15) is 5.82 Å². The van der Waals surface area contributed by atoms with Gasteiger partial charge in [-0.1, -0.05) is 12.1 Å². The molecule has 0 fully saturated rings. The van der Waals surface area contributed by atoms with E-state index in [-0.39, 0.29) is 18.1 Å². The van der Waals surface area contributed by atoms with Crippen LogP contribution < -0.4 is 5.32 Å². The fourth-order valence-corrected chi connectivity index (χ4v) is 2.28. The van der Waals surface area contributed by atoms with Crippen LogP contribution >= 0.6 is 0 Å². The van der Waals surface area contributed by atoms with Gasteiger partial charge in [0.25, 0.3) is 0 Å². The number of rotatable bonds is 6. The Hall–Kier alpha value is -2.96. The molecule has 1 aromatic carbocycles. The Morgan fingerprint density at radius 2 is 2.17 bits per heavy atom. The van der Waals surface area contributed by atoms with Crippen LogP contribution in [0, 0.1) is 5.82 Å². The van der Waals surface area contributed by atoms with Gasteiger partial charge in [0.05, 0.1) is 24.0 Å². The number of carbonyl (C=O) groups is 1. The van der Waals surface area contributed by atoms with E-state index < -0.39 is 0 Å². The smallest absolute Gasteiger partial charge is 0.220 e. The largest absolute Gasteiger partial charge is 0.441 e. The number of nitrogens with zero attached hydrogens (tertiary/aromatic N) is 3. The van der Waals surface area contributed by atoms with E-state index in [9.17, 15) is 9.18 Å². The Morgan fingerprint density at radius 1 is 1.33 bits per heavy atom. The first-order chi connectivity index (χ1) is 11.6. The third kappa shape index (κ3) is 3.68. The summed E-state index contributed by atoms with van der Waals surface area (Å²) >= 11 is 0. The van der Waals surface area contributed by atoms with Crippen LogP contribution in [-0.4, -0.2) is 20.7 Å². The molecule has 0 aliphatic carbocycles. The van der Waals surface area contributed by atoms with Gasteiger partial charge in [-0.3, -0.25) is 9.48 Å². The first kappa shape index (κ1) is 15.9. The maximum Gasteiger partial charge on any atom is 0.220 e. The quantitative estimate of drug-likeness (QED) is 0.754. The predicted molar refractivity (Wildman–Crippen MR) is 85.3 cm³/mol. The second-order valence-corrected chi connectivity index (χ2v) is 5.32. The van der Waals surface area contributed by atoms with Crippen LogP contribution in [0.1, 0.15) is 18.0 Å². The van der Waals surface area contributed by atoms with Crippen molar-refractivity contribution in [2.45, 2.75) is 19.4 Å². The Labute approximate surface area is 138 Å². The summed E-state index contributed by atoms with van der Waals surface area (Å²) in [5.74, 6) is 0.290. The molecule has 0 saturated carbocycles. The van der Waals surface area contributed by atoms with Crippen molar-refractivity contribution in [3.63, 3.8) is 0 Å². The highest BCUT2D eigenvalue weighted by molar-refractivity contribution is 5.76. The molecule has 0 aliphatic heterocycles. The van der Waals surface area contributed by atoms with Gasteiger partial charge in [-0.05, 0) is 18.2 Å². The lowest BCUT2D eigenvalue weighted by atomic mass is 10.2. The molecular formula is C17H17FN4O2. The van der Waals surface area contributed by atoms with Crippen LogP contribution in [-0.2, 0) is 24.8 Å². The molecule has 0 bridgehead atoms. The molecule has 6 nitrogen and oxygen atoms in total. The Bertz CT molecular complexity index is 840. The summed E-state index contributed by atoms with van der Waals surface area (Å²) in [4.78, 5) is 16.0. The zero-order valence-electron chi connectivity index (χ0n) is 13.2. The molecule has 0 spiro atoms. The highest BCUT2D eigenvalue weighted by Gasteiger charge is 2.12. The molecular weight excluding hydrogens is 311 g/mol. The number of amides is 1. The van der Waals surface area contributed by atoms with Crippen molar-refractivity contribution in [2.24, 2.45) is 7.05 Å². The fourth-order valence-electron chi connectivity index (χ4n) is 2.28. The molecule has 124 valence electrons. The van der Waals surface area contributed by atoms with Crippen molar-refractivity contribution in [1.29, 1.82) is 0 Å². The minimum Gasteiger partial charge on any atom is -0.441 e. The predicted octanol–water partition coefficient (Wildman–Crippen LogP) is 2.46. The van der Waals surface area contributed by atoms with Crippen LogP contribution in [0.25, 0.3) is 11.3 Å². The standard InChI is InChI=1S/C17H17FN4O2/c1-22-12(8-9-21-22)10-19-16(23)6-7-17-20-11-15(24-17)13-4-2-3-5-14(13)18/h2-5,8-9,11H,6-7,10H2,1H3,(H,19,23). The third-order valence-electron chi connectivity index (χ3n) is 3.65. The second-order valence-electron chi connectivity index (χ2n) is 5.32. The molecule has 0 atom stereocenters. The van der Waals surface area contributed by atoms with Crippen molar-refractivity contribution < 1.29 is 13.6 Å². The van der Waals surface area contributed by atoms with Crippen molar-refractivity contribution in [3.05, 3.63) is 60.1 Å². The molecule has 0 saturated heterocycles. The number of benzene rings is 1. The average Bonchev–Trinajstić information content (AvgIpc) is 3.20. The summed E-state index contributed by atoms with van der Waals surface area (Å²) in [6.45, 7) is 0.418. The molecule has 24 heavy (non-hydrogen) atoms. The van der Waals surface area contributed by atoms with Crippen molar-refractivity contribution in [3.8, 4) is 11.3 Å². The summed E-state index contributed by atoms with van der Waals surface area (Å²) < 4.78 is 20.9. The lowest BCUT2D eigenvalue weighted by molar-refractivity contribution is -0.121. The summed E-state index contributed by atoms with van der Waals surface area (Å²) in [5.41, 5.74) is 1.28. The number of oxazole rings is 1. The topological polar surface area (TPSA) is 73.0 Å². The van der Waals surface area contributed by atoms with Gasteiger partial charge in [0.15, 0.2) is 11.7 Å². The van der Waals surface area contributed by atoms with Gasteiger partial charge in [0, 0.05) is 26.1 Å². The van der Waals surface area contributed by atoms with E-state index in [4.69, 9.17) is 4.42 Å². The average molecular weight is 328 g/mol. The number of aryl methyl sites for hydroxylation is 2. The van der Waals surface area contributed by atoms with Crippen molar-refractivity contribution >= 4 is 5.91 Å². The molecule has 1 N–H and O–H groups in total. The second kappa shape index (κ2) is 7.08. The third-order valence-corrected chi connectivity index (χ3v) is 3.65. The van der Waals surface area contributed by atoms with Crippen molar-refractivity contribution in [1.82, 2.24) is 20.1 Å². The number of halogens is 1. The van der Waals surface area contributed by atoms with E-state index in [1.165, 1.54) is 12.3 Å². The summed E-state index contributed by atoms with van der Waals surface area (Å²) in [7, 11) is 1.82. The molecule has 0 radical (unpaired) electrons. The lowest BCUT2D eigenvalue weighted by Gasteiger charge is -2.04. The highest BCUT2D eigenvalue weighted by atomic mass is 19.1. The Morgan fingerprint density at radius 3 is 2.92 bits per heavy atom. The minimum atomic E-state index is -0.367. The van der Waals surface area contributed by atoms with Crippen LogP contribution in [0.2, 0.25) is 0 Å². The number of nitrogens with one attached hydrogen (secondary N) is 1. The maximum absolute atomic E-state index is 13.7.